The Morgan fingerprint density at radius 2 is 1.53 bits per heavy atom. The smallest absolute Gasteiger partial charge is 0.450 e. The van der Waals surface area contributed by atoms with Gasteiger partial charge in [-0.2, -0.15) is 0 Å². The van der Waals surface area contributed by atoms with Gasteiger partial charge in [0.25, 0.3) is 6.29 Å². The maximum atomic E-state index is 10.1. The molecule has 0 amide bonds. The molecule has 2 atom stereocenters. The van der Waals surface area contributed by atoms with Gasteiger partial charge in [0.2, 0.25) is 0 Å². The summed E-state index contributed by atoms with van der Waals surface area (Å²) in [6.45, 7) is 1.25. The molecular formula is C7H12O8. The number of aliphatic hydroxyl groups is 2. The van der Waals surface area contributed by atoms with Crippen molar-refractivity contribution in [2.75, 3.05) is 0 Å². The summed E-state index contributed by atoms with van der Waals surface area (Å²) in [4.78, 5) is 20.2. The SMILES string of the molecule is CC(O)C(O)CC(OC(=O)O)OC(=O)O. The standard InChI is InChI=1S/C7H12O8/c1-3(8)4(9)2-5(14-6(10)11)15-7(12)13/h3-5,8-9H,2H2,1H3,(H,10,11)(H,12,13). The van der Waals surface area contributed by atoms with Crippen molar-refractivity contribution in [3.63, 3.8) is 0 Å². The first-order valence-electron chi connectivity index (χ1n) is 3.98. The lowest BCUT2D eigenvalue weighted by atomic mass is 10.1. The summed E-state index contributed by atoms with van der Waals surface area (Å²) in [5.74, 6) is 0. The molecule has 0 bridgehead atoms. The van der Waals surface area contributed by atoms with Crippen LogP contribution >= 0.6 is 0 Å². The lowest BCUT2D eigenvalue weighted by Gasteiger charge is -2.19. The van der Waals surface area contributed by atoms with Crippen molar-refractivity contribution in [3.05, 3.63) is 0 Å². The van der Waals surface area contributed by atoms with Crippen molar-refractivity contribution in [2.24, 2.45) is 0 Å². The fourth-order valence-electron chi connectivity index (χ4n) is 0.739. The van der Waals surface area contributed by atoms with Crippen LogP contribution in [0.5, 0.6) is 0 Å². The Bertz CT molecular complexity index is 209. The van der Waals surface area contributed by atoms with E-state index in [0.717, 1.165) is 0 Å². The molecule has 0 heterocycles. The van der Waals surface area contributed by atoms with Crippen LogP contribution in [0.15, 0.2) is 0 Å². The summed E-state index contributed by atoms with van der Waals surface area (Å²) >= 11 is 0. The van der Waals surface area contributed by atoms with E-state index in [2.05, 4.69) is 9.47 Å². The van der Waals surface area contributed by atoms with E-state index in [1.54, 1.807) is 0 Å². The van der Waals surface area contributed by atoms with Crippen LogP contribution in [0.25, 0.3) is 0 Å². The van der Waals surface area contributed by atoms with Gasteiger partial charge in [-0.25, -0.2) is 9.59 Å². The van der Waals surface area contributed by atoms with Gasteiger partial charge in [0.1, 0.15) is 0 Å². The quantitative estimate of drug-likeness (QED) is 0.373. The molecular weight excluding hydrogens is 212 g/mol. The van der Waals surface area contributed by atoms with Crippen LogP contribution in [0, 0.1) is 0 Å². The number of aliphatic hydroxyl groups excluding tert-OH is 2. The summed E-state index contributed by atoms with van der Waals surface area (Å²) in [5.41, 5.74) is 0. The number of carboxylic acid groups (broad SMARTS) is 2. The van der Waals surface area contributed by atoms with E-state index in [9.17, 15) is 9.59 Å². The number of hydrogen-bond acceptors (Lipinski definition) is 6. The fraction of sp³-hybridized carbons (Fsp3) is 0.714. The van der Waals surface area contributed by atoms with Gasteiger partial charge in [-0.15, -0.1) is 0 Å². The highest BCUT2D eigenvalue weighted by molar-refractivity contribution is 5.59. The molecule has 15 heavy (non-hydrogen) atoms. The second kappa shape index (κ2) is 6.04. The minimum Gasteiger partial charge on any atom is -0.450 e. The Morgan fingerprint density at radius 3 is 1.80 bits per heavy atom. The zero-order valence-corrected chi connectivity index (χ0v) is 7.86. The predicted octanol–water partition coefficient (Wildman–Crippen LogP) is -0.166. The molecule has 0 aromatic heterocycles. The van der Waals surface area contributed by atoms with Crippen molar-refractivity contribution in [2.45, 2.75) is 31.8 Å². The third-order valence-electron chi connectivity index (χ3n) is 1.46. The summed E-state index contributed by atoms with van der Waals surface area (Å²) in [7, 11) is 0. The van der Waals surface area contributed by atoms with Crippen LogP contribution in [-0.2, 0) is 9.47 Å². The van der Waals surface area contributed by atoms with Crippen molar-refractivity contribution in [1.29, 1.82) is 0 Å². The van der Waals surface area contributed by atoms with Crippen LogP contribution in [0.1, 0.15) is 13.3 Å². The summed E-state index contributed by atoms with van der Waals surface area (Å²) < 4.78 is 8.05. The Hall–Kier alpha value is -1.54. The molecule has 4 N–H and O–H groups in total. The van der Waals surface area contributed by atoms with E-state index < -0.39 is 37.2 Å². The molecule has 0 saturated carbocycles. The van der Waals surface area contributed by atoms with E-state index in [-0.39, 0.29) is 0 Å². The molecule has 0 aromatic carbocycles. The van der Waals surface area contributed by atoms with Gasteiger partial charge in [-0.1, -0.05) is 0 Å². The molecule has 88 valence electrons. The van der Waals surface area contributed by atoms with Crippen LogP contribution in [0.2, 0.25) is 0 Å². The van der Waals surface area contributed by atoms with Crippen LogP contribution in [-0.4, -0.2) is 51.2 Å². The monoisotopic (exact) mass is 224 g/mol. The summed E-state index contributed by atoms with van der Waals surface area (Å²) in [6.07, 6.45) is -8.10. The van der Waals surface area contributed by atoms with Crippen molar-refractivity contribution >= 4 is 12.3 Å². The number of ether oxygens (including phenoxy) is 2. The molecule has 8 nitrogen and oxygen atoms in total. The minimum absolute atomic E-state index is 0.476. The first-order valence-corrected chi connectivity index (χ1v) is 3.98. The average Bonchev–Trinajstić information content (AvgIpc) is 2.00. The maximum absolute atomic E-state index is 10.1. The van der Waals surface area contributed by atoms with Gasteiger partial charge >= 0.3 is 12.3 Å². The first kappa shape index (κ1) is 13.5. The lowest BCUT2D eigenvalue weighted by molar-refractivity contribution is -0.119. The van der Waals surface area contributed by atoms with Crippen LogP contribution in [0.4, 0.5) is 9.59 Å². The van der Waals surface area contributed by atoms with E-state index in [4.69, 9.17) is 20.4 Å². The van der Waals surface area contributed by atoms with Crippen molar-refractivity contribution < 1.29 is 39.5 Å². The molecule has 0 radical (unpaired) electrons. The Balaban J connectivity index is 4.23. The third-order valence-corrected chi connectivity index (χ3v) is 1.46. The zero-order valence-electron chi connectivity index (χ0n) is 7.86. The molecule has 8 heteroatoms. The Morgan fingerprint density at radius 1 is 1.13 bits per heavy atom. The topological polar surface area (TPSA) is 134 Å². The number of rotatable bonds is 5. The van der Waals surface area contributed by atoms with Crippen LogP contribution < -0.4 is 0 Å². The molecule has 0 spiro atoms. The van der Waals surface area contributed by atoms with Gasteiger partial charge in [-0.3, -0.25) is 0 Å². The van der Waals surface area contributed by atoms with Gasteiger partial charge in [0.05, 0.1) is 18.6 Å². The molecule has 2 unspecified atom stereocenters. The molecule has 0 aromatic rings. The predicted molar refractivity (Wildman–Crippen MR) is 44.3 cm³/mol. The summed E-state index contributed by atoms with van der Waals surface area (Å²) in [5, 5.41) is 34.4. The average molecular weight is 224 g/mol. The van der Waals surface area contributed by atoms with Crippen molar-refractivity contribution in [1.82, 2.24) is 0 Å². The zero-order chi connectivity index (χ0) is 12.0. The highest BCUT2D eigenvalue weighted by atomic mass is 16.8. The van der Waals surface area contributed by atoms with Gasteiger partial charge < -0.3 is 29.9 Å². The molecule has 0 fully saturated rings. The Labute approximate surface area is 84.7 Å². The lowest BCUT2D eigenvalue weighted by Crippen LogP contribution is -2.32. The molecule has 0 rings (SSSR count). The molecule has 0 aliphatic heterocycles. The maximum Gasteiger partial charge on any atom is 0.508 e. The molecule has 0 aliphatic rings. The van der Waals surface area contributed by atoms with Gasteiger partial charge in [0, 0.05) is 0 Å². The van der Waals surface area contributed by atoms with Gasteiger partial charge in [0.15, 0.2) is 0 Å². The van der Waals surface area contributed by atoms with Crippen LogP contribution in [0.3, 0.4) is 0 Å². The number of carbonyl (C=O) groups is 2. The minimum atomic E-state index is -1.74. The third kappa shape index (κ3) is 6.52. The number of hydrogen-bond donors (Lipinski definition) is 4. The first-order chi connectivity index (χ1) is 6.82. The highest BCUT2D eigenvalue weighted by Gasteiger charge is 2.24. The van der Waals surface area contributed by atoms with E-state index in [0.29, 0.717) is 0 Å². The largest absolute Gasteiger partial charge is 0.508 e. The molecule has 0 saturated heterocycles. The van der Waals surface area contributed by atoms with E-state index >= 15 is 0 Å². The molecule has 0 aliphatic carbocycles. The normalized spacial score (nSPS) is 14.4. The summed E-state index contributed by atoms with van der Waals surface area (Å²) in [6, 6.07) is 0. The fourth-order valence-corrected chi connectivity index (χ4v) is 0.739. The van der Waals surface area contributed by atoms with E-state index in [1.165, 1.54) is 6.92 Å². The highest BCUT2D eigenvalue weighted by Crippen LogP contribution is 2.08. The second-order valence-electron chi connectivity index (χ2n) is 2.74. The Kier molecular flexibility index (Phi) is 5.42. The second-order valence-corrected chi connectivity index (χ2v) is 2.74. The van der Waals surface area contributed by atoms with Gasteiger partial charge in [-0.05, 0) is 6.92 Å². The van der Waals surface area contributed by atoms with E-state index in [1.807, 2.05) is 0 Å². The van der Waals surface area contributed by atoms with Crippen molar-refractivity contribution in [3.8, 4) is 0 Å².